The topological polar surface area (TPSA) is 57.7 Å². The highest BCUT2D eigenvalue weighted by atomic mass is 35.5. The molecule has 0 atom stereocenters. The number of anilines is 1. The number of nitrogens with one attached hydrogen (secondary N) is 1. The van der Waals surface area contributed by atoms with Crippen molar-refractivity contribution in [2.24, 2.45) is 0 Å². The van der Waals surface area contributed by atoms with Gasteiger partial charge in [0.1, 0.15) is 24.0 Å². The highest BCUT2D eigenvalue weighted by molar-refractivity contribution is 6.33. The number of pyridine rings is 1. The Hall–Kier alpha value is -2.75. The number of hydrogen-bond acceptors (Lipinski definition) is 4. The number of rotatable bonds is 5. The molecule has 1 aromatic heterocycles. The van der Waals surface area contributed by atoms with Crippen LogP contribution in [0.5, 0.6) is 5.75 Å². The van der Waals surface area contributed by atoms with Crippen molar-refractivity contribution in [2.45, 2.75) is 6.18 Å². The number of alkyl halides is 3. The lowest BCUT2D eigenvalue weighted by Crippen LogP contribution is -2.52. The molecule has 162 valence electrons. The first-order valence-corrected chi connectivity index (χ1v) is 9.50. The number of hydrogen-bond donors (Lipinski definition) is 1. The second kappa shape index (κ2) is 9.38. The minimum atomic E-state index is -4.51. The van der Waals surface area contributed by atoms with Gasteiger partial charge in [0.25, 0.3) is 0 Å². The molecular weight excluding hydrogens is 428 g/mol. The molecule has 1 aliphatic heterocycles. The van der Waals surface area contributed by atoms with E-state index < -0.39 is 11.7 Å². The van der Waals surface area contributed by atoms with Crippen molar-refractivity contribution < 1.29 is 27.1 Å². The first-order chi connectivity index (χ1) is 14.2. The maximum Gasteiger partial charge on any atom is 0.417 e. The molecule has 2 aromatic rings. The van der Waals surface area contributed by atoms with E-state index in [4.69, 9.17) is 16.3 Å². The molecular formula is C19H19ClF4N4O2. The molecule has 0 spiro atoms. The van der Waals surface area contributed by atoms with Crippen molar-refractivity contribution in [3.63, 3.8) is 0 Å². The second-order valence-corrected chi connectivity index (χ2v) is 6.94. The van der Waals surface area contributed by atoms with Crippen LogP contribution in [0.3, 0.4) is 0 Å². The molecule has 1 aliphatic rings. The standard InChI is InChI=1S/C19H19ClF4N4O2/c20-16-11-13(19(22,23)24)12-26-17(16)27-6-8-28(9-7-27)18(29)25-5-10-30-15-3-1-14(21)2-4-15/h1-4,11-12H,5-10H2,(H,25,29). The third kappa shape index (κ3) is 5.65. The number of nitrogens with zero attached hydrogens (tertiary/aromatic N) is 3. The number of urea groups is 1. The molecule has 0 radical (unpaired) electrons. The van der Waals surface area contributed by atoms with Crippen molar-refractivity contribution in [1.82, 2.24) is 15.2 Å². The Morgan fingerprint density at radius 1 is 1.17 bits per heavy atom. The Morgan fingerprint density at radius 3 is 2.43 bits per heavy atom. The Bertz CT molecular complexity index is 872. The van der Waals surface area contributed by atoms with Gasteiger partial charge in [-0.15, -0.1) is 0 Å². The first-order valence-electron chi connectivity index (χ1n) is 9.13. The van der Waals surface area contributed by atoms with E-state index in [2.05, 4.69) is 10.3 Å². The summed E-state index contributed by atoms with van der Waals surface area (Å²) in [5.41, 5.74) is -0.905. The highest BCUT2D eigenvalue weighted by Crippen LogP contribution is 2.33. The molecule has 1 N–H and O–H groups in total. The fourth-order valence-electron chi connectivity index (χ4n) is 2.91. The molecule has 6 nitrogen and oxygen atoms in total. The molecule has 0 aliphatic carbocycles. The molecule has 1 fully saturated rings. The normalized spacial score (nSPS) is 14.6. The van der Waals surface area contributed by atoms with Gasteiger partial charge >= 0.3 is 12.2 Å². The molecule has 0 bridgehead atoms. The summed E-state index contributed by atoms with van der Waals surface area (Å²) in [5, 5.41) is 2.64. The van der Waals surface area contributed by atoms with Crippen LogP contribution in [-0.2, 0) is 6.18 Å². The van der Waals surface area contributed by atoms with E-state index in [1.807, 2.05) is 0 Å². The number of ether oxygens (including phenoxy) is 1. The van der Waals surface area contributed by atoms with Gasteiger partial charge in [0, 0.05) is 32.4 Å². The lowest BCUT2D eigenvalue weighted by atomic mass is 10.2. The lowest BCUT2D eigenvalue weighted by molar-refractivity contribution is -0.137. The summed E-state index contributed by atoms with van der Waals surface area (Å²) >= 11 is 5.98. The van der Waals surface area contributed by atoms with Gasteiger partial charge in [0.15, 0.2) is 0 Å². The van der Waals surface area contributed by atoms with Gasteiger partial charge < -0.3 is 19.9 Å². The number of carbonyl (C=O) groups excluding carboxylic acids is 1. The highest BCUT2D eigenvalue weighted by Gasteiger charge is 2.32. The van der Waals surface area contributed by atoms with E-state index in [0.29, 0.717) is 31.9 Å². The van der Waals surface area contributed by atoms with Gasteiger partial charge in [-0.3, -0.25) is 0 Å². The van der Waals surface area contributed by atoms with Gasteiger partial charge in [-0.2, -0.15) is 13.2 Å². The first kappa shape index (κ1) is 21.9. The monoisotopic (exact) mass is 446 g/mol. The van der Waals surface area contributed by atoms with E-state index in [1.165, 1.54) is 24.3 Å². The van der Waals surface area contributed by atoms with Gasteiger partial charge in [-0.05, 0) is 30.3 Å². The minimum Gasteiger partial charge on any atom is -0.492 e. The fourth-order valence-corrected chi connectivity index (χ4v) is 3.20. The van der Waals surface area contributed by atoms with E-state index >= 15 is 0 Å². The van der Waals surface area contributed by atoms with Crippen LogP contribution >= 0.6 is 11.6 Å². The van der Waals surface area contributed by atoms with Crippen LogP contribution in [0.1, 0.15) is 5.56 Å². The molecule has 1 saturated heterocycles. The number of benzene rings is 1. The molecule has 2 amide bonds. The van der Waals surface area contributed by atoms with Crippen molar-refractivity contribution in [3.8, 4) is 5.75 Å². The summed E-state index contributed by atoms with van der Waals surface area (Å²) in [4.78, 5) is 19.4. The van der Waals surface area contributed by atoms with Crippen LogP contribution in [0.25, 0.3) is 0 Å². The molecule has 0 unspecified atom stereocenters. The van der Waals surface area contributed by atoms with Crippen LogP contribution in [0.2, 0.25) is 5.02 Å². The molecule has 2 heterocycles. The Balaban J connectivity index is 1.43. The van der Waals surface area contributed by atoms with Crippen molar-refractivity contribution in [3.05, 3.63) is 52.9 Å². The van der Waals surface area contributed by atoms with Gasteiger partial charge in [0.2, 0.25) is 0 Å². The maximum absolute atomic E-state index is 12.8. The molecule has 30 heavy (non-hydrogen) atoms. The predicted octanol–water partition coefficient (Wildman–Crippen LogP) is 3.80. The summed E-state index contributed by atoms with van der Waals surface area (Å²) in [5.74, 6) is 0.403. The molecule has 3 rings (SSSR count). The van der Waals surface area contributed by atoms with Gasteiger partial charge in [-0.1, -0.05) is 11.6 Å². The fraction of sp³-hybridized carbons (Fsp3) is 0.368. The van der Waals surface area contributed by atoms with E-state index in [9.17, 15) is 22.4 Å². The number of carbonyl (C=O) groups is 1. The average molecular weight is 447 g/mol. The van der Waals surface area contributed by atoms with E-state index in [-0.39, 0.29) is 35.8 Å². The lowest BCUT2D eigenvalue weighted by Gasteiger charge is -2.35. The smallest absolute Gasteiger partial charge is 0.417 e. The average Bonchev–Trinajstić information content (AvgIpc) is 2.72. The minimum absolute atomic E-state index is 0.0827. The van der Waals surface area contributed by atoms with Crippen LogP contribution in [-0.4, -0.2) is 55.2 Å². The zero-order valence-corrected chi connectivity index (χ0v) is 16.5. The summed E-state index contributed by atoms with van der Waals surface area (Å²) in [6.45, 7) is 1.99. The van der Waals surface area contributed by atoms with Gasteiger partial charge in [-0.25, -0.2) is 14.2 Å². The number of amides is 2. The van der Waals surface area contributed by atoms with E-state index in [0.717, 1.165) is 12.3 Å². The van der Waals surface area contributed by atoms with Gasteiger partial charge in [0.05, 0.1) is 17.1 Å². The molecule has 1 aromatic carbocycles. The Kier molecular flexibility index (Phi) is 6.86. The van der Waals surface area contributed by atoms with Crippen molar-refractivity contribution >= 4 is 23.4 Å². The summed E-state index contributed by atoms with van der Waals surface area (Å²) in [6.07, 6.45) is -3.76. The van der Waals surface area contributed by atoms with Crippen LogP contribution in [0.4, 0.5) is 28.2 Å². The van der Waals surface area contributed by atoms with Crippen molar-refractivity contribution in [1.29, 1.82) is 0 Å². The quantitative estimate of drug-likeness (QED) is 0.560. The predicted molar refractivity (Wildman–Crippen MR) is 103 cm³/mol. The SMILES string of the molecule is O=C(NCCOc1ccc(F)cc1)N1CCN(c2ncc(C(F)(F)F)cc2Cl)CC1. The Morgan fingerprint density at radius 2 is 1.83 bits per heavy atom. The van der Waals surface area contributed by atoms with Crippen molar-refractivity contribution in [2.75, 3.05) is 44.2 Å². The number of aromatic nitrogens is 1. The van der Waals surface area contributed by atoms with E-state index in [1.54, 1.807) is 9.80 Å². The summed E-state index contributed by atoms with van der Waals surface area (Å²) in [6, 6.07) is 6.14. The summed E-state index contributed by atoms with van der Waals surface area (Å²) < 4.78 is 56.4. The third-order valence-corrected chi connectivity index (χ3v) is 4.75. The van der Waals surface area contributed by atoms with Crippen LogP contribution in [0.15, 0.2) is 36.5 Å². The number of piperazine rings is 1. The summed E-state index contributed by atoms with van der Waals surface area (Å²) in [7, 11) is 0. The number of halogens is 5. The second-order valence-electron chi connectivity index (χ2n) is 6.54. The zero-order valence-electron chi connectivity index (χ0n) is 15.8. The maximum atomic E-state index is 12.8. The Labute approximate surface area is 175 Å². The zero-order chi connectivity index (χ0) is 21.7. The molecule has 0 saturated carbocycles. The largest absolute Gasteiger partial charge is 0.492 e. The van der Waals surface area contributed by atoms with Crippen LogP contribution in [0, 0.1) is 5.82 Å². The molecule has 11 heteroatoms. The van der Waals surface area contributed by atoms with Crippen LogP contribution < -0.4 is 15.0 Å². The third-order valence-electron chi connectivity index (χ3n) is 4.48.